The third-order valence-electron chi connectivity index (χ3n) is 2.57. The van der Waals surface area contributed by atoms with Gasteiger partial charge in [0.05, 0.1) is 0 Å². The number of Topliss-reactive ketones (excluding diaryl/α,β-unsaturated/α-hetero) is 1. The van der Waals surface area contributed by atoms with Crippen LogP contribution in [0.3, 0.4) is 0 Å². The lowest BCUT2D eigenvalue weighted by molar-refractivity contribution is 0.0987. The molecule has 0 aliphatic heterocycles. The first-order valence-corrected chi connectivity index (χ1v) is 6.98. The second-order valence-corrected chi connectivity index (χ2v) is 5.95. The average molecular weight is 236 g/mol. The third-order valence-corrected chi connectivity index (χ3v) is 3.18. The fourth-order valence-electron chi connectivity index (χ4n) is 1.71. The quantitative estimate of drug-likeness (QED) is 0.737. The van der Waals surface area contributed by atoms with Gasteiger partial charge < -0.3 is 0 Å². The number of rotatable bonds is 4. The van der Waals surface area contributed by atoms with E-state index in [1.54, 1.807) is 11.8 Å². The van der Waals surface area contributed by atoms with Crippen molar-refractivity contribution < 1.29 is 4.79 Å². The number of benzene rings is 1. The molecule has 0 amide bonds. The molecule has 88 valence electrons. The van der Waals surface area contributed by atoms with Crippen molar-refractivity contribution in [3.8, 4) is 0 Å². The minimum atomic E-state index is 0.0333. The molecule has 0 unspecified atom stereocenters. The molecular weight excluding hydrogens is 216 g/mol. The molecule has 0 N–H and O–H groups in total. The van der Waals surface area contributed by atoms with E-state index in [9.17, 15) is 4.79 Å². The fraction of sp³-hybridized carbons (Fsp3) is 0.500. The zero-order valence-electron chi connectivity index (χ0n) is 10.5. The first-order valence-electron chi connectivity index (χ1n) is 5.58. The van der Waals surface area contributed by atoms with Crippen LogP contribution >= 0.6 is 11.8 Å². The van der Waals surface area contributed by atoms with Crippen molar-refractivity contribution in [3.05, 3.63) is 35.4 Å². The lowest BCUT2D eigenvalue weighted by atomic mass is 9.82. The van der Waals surface area contributed by atoms with Crippen LogP contribution in [0.25, 0.3) is 0 Å². The zero-order chi connectivity index (χ0) is 12.2. The van der Waals surface area contributed by atoms with Crippen LogP contribution in [0.2, 0.25) is 0 Å². The van der Waals surface area contributed by atoms with Crippen molar-refractivity contribution in [2.24, 2.45) is 0 Å². The largest absolute Gasteiger partial charge is 0.294 e. The van der Waals surface area contributed by atoms with Gasteiger partial charge in [0.25, 0.3) is 0 Å². The molecule has 1 aromatic carbocycles. The van der Waals surface area contributed by atoms with Gasteiger partial charge in [0, 0.05) is 17.7 Å². The monoisotopic (exact) mass is 236 g/mol. The molecule has 2 heteroatoms. The number of hydrogen-bond donors (Lipinski definition) is 0. The summed E-state index contributed by atoms with van der Waals surface area (Å²) < 4.78 is 0. The summed E-state index contributed by atoms with van der Waals surface area (Å²) in [5, 5.41) is 0. The van der Waals surface area contributed by atoms with Crippen LogP contribution < -0.4 is 0 Å². The Hall–Kier alpha value is -0.760. The number of thioether (sulfide) groups is 1. The Kier molecular flexibility index (Phi) is 4.60. The molecule has 16 heavy (non-hydrogen) atoms. The highest BCUT2D eigenvalue weighted by molar-refractivity contribution is 7.98. The van der Waals surface area contributed by atoms with Crippen molar-refractivity contribution in [2.45, 2.75) is 32.6 Å². The molecule has 0 heterocycles. The standard InChI is InChI=1S/C14H20OS/c1-14(2,3)12-8-6-5-7-11(12)13(15)9-10-16-4/h5-8H,9-10H2,1-4H3. The van der Waals surface area contributed by atoms with Crippen molar-refractivity contribution >= 4 is 17.5 Å². The molecule has 0 radical (unpaired) electrons. The summed E-state index contributed by atoms with van der Waals surface area (Å²) in [6, 6.07) is 7.96. The van der Waals surface area contributed by atoms with Gasteiger partial charge >= 0.3 is 0 Å². The van der Waals surface area contributed by atoms with Gasteiger partial charge in [0.1, 0.15) is 0 Å². The summed E-state index contributed by atoms with van der Waals surface area (Å²) in [6.07, 6.45) is 2.66. The van der Waals surface area contributed by atoms with Crippen LogP contribution in [-0.4, -0.2) is 17.8 Å². The maximum absolute atomic E-state index is 12.1. The predicted molar refractivity (Wildman–Crippen MR) is 72.5 cm³/mol. The highest BCUT2D eigenvalue weighted by atomic mass is 32.2. The van der Waals surface area contributed by atoms with Crippen LogP contribution in [0.1, 0.15) is 43.1 Å². The lowest BCUT2D eigenvalue weighted by Gasteiger charge is -2.22. The first kappa shape index (κ1) is 13.3. The molecule has 1 nitrogen and oxygen atoms in total. The van der Waals surface area contributed by atoms with Crippen molar-refractivity contribution in [1.29, 1.82) is 0 Å². The molecular formula is C14H20OS. The van der Waals surface area contributed by atoms with Gasteiger partial charge in [0.15, 0.2) is 5.78 Å². The topological polar surface area (TPSA) is 17.1 Å². The minimum Gasteiger partial charge on any atom is -0.294 e. The molecule has 0 saturated heterocycles. The van der Waals surface area contributed by atoms with Crippen LogP contribution in [0.15, 0.2) is 24.3 Å². The molecule has 1 aromatic rings. The molecule has 0 aromatic heterocycles. The lowest BCUT2D eigenvalue weighted by Crippen LogP contribution is -2.17. The summed E-state index contributed by atoms with van der Waals surface area (Å²) in [7, 11) is 0. The molecule has 0 saturated carbocycles. The van der Waals surface area contributed by atoms with Crippen molar-refractivity contribution in [1.82, 2.24) is 0 Å². The Labute approximate surface area is 103 Å². The minimum absolute atomic E-state index is 0.0333. The predicted octanol–water partition coefficient (Wildman–Crippen LogP) is 3.92. The molecule has 0 spiro atoms. The summed E-state index contributed by atoms with van der Waals surface area (Å²) in [6.45, 7) is 6.44. The Morgan fingerprint density at radius 2 is 1.88 bits per heavy atom. The molecule has 0 aliphatic carbocycles. The highest BCUT2D eigenvalue weighted by Crippen LogP contribution is 2.26. The van der Waals surface area contributed by atoms with E-state index in [2.05, 4.69) is 26.8 Å². The average Bonchev–Trinajstić information content (AvgIpc) is 2.24. The van der Waals surface area contributed by atoms with Crippen LogP contribution in [0.5, 0.6) is 0 Å². The van der Waals surface area contributed by atoms with E-state index in [1.807, 2.05) is 24.5 Å². The van der Waals surface area contributed by atoms with E-state index in [4.69, 9.17) is 0 Å². The van der Waals surface area contributed by atoms with Gasteiger partial charge in [-0.1, -0.05) is 45.0 Å². The van der Waals surface area contributed by atoms with E-state index >= 15 is 0 Å². The summed E-state index contributed by atoms with van der Waals surface area (Å²) in [4.78, 5) is 12.1. The molecule has 1 rings (SSSR count). The van der Waals surface area contributed by atoms with Gasteiger partial charge in [-0.15, -0.1) is 0 Å². The van der Waals surface area contributed by atoms with Gasteiger partial charge in [-0.2, -0.15) is 11.8 Å². The maximum Gasteiger partial charge on any atom is 0.163 e. The van der Waals surface area contributed by atoms with Crippen LogP contribution in [0.4, 0.5) is 0 Å². The SMILES string of the molecule is CSCCC(=O)c1ccccc1C(C)(C)C. The Morgan fingerprint density at radius 3 is 2.44 bits per heavy atom. The second kappa shape index (κ2) is 5.53. The van der Waals surface area contributed by atoms with Crippen LogP contribution in [0, 0.1) is 0 Å². The first-order chi connectivity index (χ1) is 7.46. The Bertz CT molecular complexity index is 363. The number of hydrogen-bond acceptors (Lipinski definition) is 2. The number of carbonyl (C=O) groups is 1. The van der Waals surface area contributed by atoms with Gasteiger partial charge in [-0.3, -0.25) is 4.79 Å². The van der Waals surface area contributed by atoms with Gasteiger partial charge in [-0.25, -0.2) is 0 Å². The highest BCUT2D eigenvalue weighted by Gasteiger charge is 2.20. The number of carbonyl (C=O) groups excluding carboxylic acids is 1. The maximum atomic E-state index is 12.1. The molecule has 0 atom stereocenters. The number of ketones is 1. The fourth-order valence-corrected chi connectivity index (χ4v) is 2.10. The van der Waals surface area contributed by atoms with Crippen molar-refractivity contribution in [3.63, 3.8) is 0 Å². The molecule has 0 bridgehead atoms. The molecule has 0 fully saturated rings. The van der Waals surface area contributed by atoms with Crippen LogP contribution in [-0.2, 0) is 5.41 Å². The third kappa shape index (κ3) is 3.38. The van der Waals surface area contributed by atoms with E-state index in [-0.39, 0.29) is 11.2 Å². The second-order valence-electron chi connectivity index (χ2n) is 4.96. The Morgan fingerprint density at radius 1 is 1.25 bits per heavy atom. The Balaban J connectivity index is 3.00. The van der Waals surface area contributed by atoms with Gasteiger partial charge in [-0.05, 0) is 17.2 Å². The summed E-state index contributed by atoms with van der Waals surface area (Å²) in [5.74, 6) is 1.16. The van der Waals surface area contributed by atoms with E-state index in [0.29, 0.717) is 6.42 Å². The van der Waals surface area contributed by atoms with E-state index in [0.717, 1.165) is 16.9 Å². The van der Waals surface area contributed by atoms with Crippen molar-refractivity contribution in [2.75, 3.05) is 12.0 Å². The summed E-state index contributed by atoms with van der Waals surface area (Å²) in [5.41, 5.74) is 2.08. The molecule has 0 aliphatic rings. The van der Waals surface area contributed by atoms with Gasteiger partial charge in [0.2, 0.25) is 0 Å². The van der Waals surface area contributed by atoms with E-state index < -0.39 is 0 Å². The normalized spacial score (nSPS) is 11.5. The van der Waals surface area contributed by atoms with E-state index in [1.165, 1.54) is 0 Å². The smallest absolute Gasteiger partial charge is 0.163 e. The summed E-state index contributed by atoms with van der Waals surface area (Å²) >= 11 is 1.72. The zero-order valence-corrected chi connectivity index (χ0v) is 11.4.